The fourth-order valence-corrected chi connectivity index (χ4v) is 2.93. The first-order valence-corrected chi connectivity index (χ1v) is 7.55. The van der Waals surface area contributed by atoms with Crippen molar-refractivity contribution in [3.05, 3.63) is 0 Å². The van der Waals surface area contributed by atoms with E-state index in [2.05, 4.69) is 10.6 Å². The van der Waals surface area contributed by atoms with Crippen LogP contribution in [0.5, 0.6) is 0 Å². The van der Waals surface area contributed by atoms with E-state index in [0.29, 0.717) is 6.61 Å². The van der Waals surface area contributed by atoms with Crippen LogP contribution in [-0.4, -0.2) is 42.8 Å². The molecule has 98 valence electrons. The third kappa shape index (κ3) is 4.76. The van der Waals surface area contributed by atoms with Gasteiger partial charge in [0.05, 0.1) is 12.1 Å². The second-order valence-electron chi connectivity index (χ2n) is 5.26. The molecule has 0 aromatic rings. The predicted molar refractivity (Wildman–Crippen MR) is 70.4 cm³/mol. The third-order valence-electron chi connectivity index (χ3n) is 3.22. The largest absolute Gasteiger partial charge is 0.379 e. The topological polar surface area (TPSA) is 50.4 Å². The van der Waals surface area contributed by atoms with E-state index in [4.69, 9.17) is 4.74 Å². The normalized spacial score (nSPS) is 28.1. The van der Waals surface area contributed by atoms with E-state index in [1.54, 1.807) is 0 Å². The maximum Gasteiger partial charge on any atom is 0.315 e. The van der Waals surface area contributed by atoms with Crippen LogP contribution in [0.25, 0.3) is 0 Å². The van der Waals surface area contributed by atoms with Gasteiger partial charge in [0.2, 0.25) is 0 Å². The number of nitrogens with one attached hydrogen (secondary N) is 2. The van der Waals surface area contributed by atoms with Crippen molar-refractivity contribution in [2.75, 3.05) is 31.3 Å². The van der Waals surface area contributed by atoms with Crippen LogP contribution in [0.3, 0.4) is 0 Å². The van der Waals surface area contributed by atoms with E-state index in [0.717, 1.165) is 31.2 Å². The molecule has 0 aromatic carbocycles. The molecule has 0 unspecified atom stereocenters. The van der Waals surface area contributed by atoms with Crippen molar-refractivity contribution in [3.8, 4) is 0 Å². The number of amides is 2. The number of carbonyl (C=O) groups excluding carboxylic acids is 1. The van der Waals surface area contributed by atoms with Gasteiger partial charge in [0.15, 0.2) is 0 Å². The predicted octanol–water partition coefficient (Wildman–Crippen LogP) is 1.61. The molecule has 1 aliphatic carbocycles. The number of urea groups is 1. The average Bonchev–Trinajstić information content (AvgIpc) is 3.00. The van der Waals surface area contributed by atoms with Gasteiger partial charge in [0.1, 0.15) is 0 Å². The molecule has 2 N–H and O–H groups in total. The minimum Gasteiger partial charge on any atom is -0.379 e. The summed E-state index contributed by atoms with van der Waals surface area (Å²) in [4.78, 5) is 11.6. The highest BCUT2D eigenvalue weighted by atomic mass is 32.2. The van der Waals surface area contributed by atoms with Crippen LogP contribution in [-0.2, 0) is 4.74 Å². The Kier molecular flexibility index (Phi) is 4.56. The molecule has 0 spiro atoms. The lowest BCUT2D eigenvalue weighted by Gasteiger charge is -2.23. The van der Waals surface area contributed by atoms with Gasteiger partial charge in [0.25, 0.3) is 0 Å². The van der Waals surface area contributed by atoms with Crippen molar-refractivity contribution in [2.45, 2.75) is 31.7 Å². The fraction of sp³-hybridized carbons (Fsp3) is 0.917. The summed E-state index contributed by atoms with van der Waals surface area (Å²) in [7, 11) is 0. The van der Waals surface area contributed by atoms with Gasteiger partial charge in [-0.25, -0.2) is 4.79 Å². The summed E-state index contributed by atoms with van der Waals surface area (Å²) in [6.45, 7) is 4.15. The number of rotatable bonds is 6. The van der Waals surface area contributed by atoms with E-state index >= 15 is 0 Å². The molecule has 1 heterocycles. The molecule has 4 nitrogen and oxygen atoms in total. The summed E-state index contributed by atoms with van der Waals surface area (Å²) in [5, 5.41) is 5.89. The van der Waals surface area contributed by atoms with Crippen LogP contribution in [0, 0.1) is 5.92 Å². The van der Waals surface area contributed by atoms with Gasteiger partial charge in [-0.2, -0.15) is 11.8 Å². The summed E-state index contributed by atoms with van der Waals surface area (Å²) in [6, 6.07) is -0.0648. The molecular weight excluding hydrogens is 236 g/mol. The molecule has 1 atom stereocenters. The Balaban J connectivity index is 1.50. The molecule has 2 amide bonds. The summed E-state index contributed by atoms with van der Waals surface area (Å²) < 4.78 is 5.29. The van der Waals surface area contributed by atoms with E-state index in [9.17, 15) is 4.79 Å². The molecule has 5 heteroatoms. The summed E-state index contributed by atoms with van der Waals surface area (Å²) >= 11 is 1.94. The fourth-order valence-electron chi connectivity index (χ4n) is 1.86. The lowest BCUT2D eigenvalue weighted by molar-refractivity contribution is 0.170. The summed E-state index contributed by atoms with van der Waals surface area (Å²) in [5.41, 5.74) is -0.175. The molecule has 17 heavy (non-hydrogen) atoms. The molecule has 2 aliphatic rings. The van der Waals surface area contributed by atoms with E-state index in [1.165, 1.54) is 18.6 Å². The highest BCUT2D eigenvalue weighted by molar-refractivity contribution is 7.99. The highest BCUT2D eigenvalue weighted by Crippen LogP contribution is 2.32. The Morgan fingerprint density at radius 1 is 1.53 bits per heavy atom. The number of hydrogen-bond acceptors (Lipinski definition) is 3. The van der Waals surface area contributed by atoms with E-state index < -0.39 is 0 Å². The van der Waals surface area contributed by atoms with Crippen LogP contribution in [0.2, 0.25) is 0 Å². The van der Waals surface area contributed by atoms with Crippen molar-refractivity contribution in [1.82, 2.24) is 10.6 Å². The van der Waals surface area contributed by atoms with Gasteiger partial charge in [-0.15, -0.1) is 0 Å². The summed E-state index contributed by atoms with van der Waals surface area (Å²) in [6.07, 6.45) is 3.70. The molecule has 0 aromatic heterocycles. The first-order chi connectivity index (χ1) is 8.18. The second kappa shape index (κ2) is 5.96. The van der Waals surface area contributed by atoms with Crippen LogP contribution < -0.4 is 10.6 Å². The van der Waals surface area contributed by atoms with Crippen molar-refractivity contribution < 1.29 is 9.53 Å². The number of ether oxygens (including phenoxy) is 1. The maximum absolute atomic E-state index is 11.6. The molecule has 2 fully saturated rings. The van der Waals surface area contributed by atoms with E-state index in [1.807, 2.05) is 18.7 Å². The number of hydrogen-bond donors (Lipinski definition) is 2. The second-order valence-corrected chi connectivity index (χ2v) is 6.41. The molecule has 0 bridgehead atoms. The van der Waals surface area contributed by atoms with Gasteiger partial charge >= 0.3 is 6.03 Å². The van der Waals surface area contributed by atoms with Crippen molar-refractivity contribution >= 4 is 17.8 Å². The Morgan fingerprint density at radius 2 is 2.35 bits per heavy atom. The van der Waals surface area contributed by atoms with Crippen molar-refractivity contribution in [3.63, 3.8) is 0 Å². The molecule has 1 saturated heterocycles. The minimum absolute atomic E-state index is 0.0648. The van der Waals surface area contributed by atoms with Crippen LogP contribution in [0.4, 0.5) is 4.79 Å². The Labute approximate surface area is 107 Å². The Morgan fingerprint density at radius 3 is 3.00 bits per heavy atom. The Bertz CT molecular complexity index is 263. The number of thioether (sulfide) groups is 1. The van der Waals surface area contributed by atoms with Gasteiger partial charge in [-0.3, -0.25) is 0 Å². The standard InChI is InChI=1S/C12H22N2O2S/c1-12(4-6-16-9-12)14-11(15)13-5-7-17-8-10-2-3-10/h10H,2-9H2,1H3,(H2,13,14,15)/t12-/m0/s1. The number of carbonyl (C=O) groups is 1. The zero-order valence-electron chi connectivity index (χ0n) is 10.5. The highest BCUT2D eigenvalue weighted by Gasteiger charge is 2.31. The summed E-state index contributed by atoms with van der Waals surface area (Å²) in [5.74, 6) is 3.23. The van der Waals surface area contributed by atoms with Gasteiger partial charge in [0, 0.05) is 18.9 Å². The van der Waals surface area contributed by atoms with Crippen molar-refractivity contribution in [1.29, 1.82) is 0 Å². The Hall–Kier alpha value is -0.420. The smallest absolute Gasteiger partial charge is 0.315 e. The lowest BCUT2D eigenvalue weighted by Crippen LogP contribution is -2.51. The molecule has 2 rings (SSSR count). The molecule has 0 radical (unpaired) electrons. The molecule has 1 saturated carbocycles. The van der Waals surface area contributed by atoms with Crippen LogP contribution in [0.1, 0.15) is 26.2 Å². The monoisotopic (exact) mass is 258 g/mol. The van der Waals surface area contributed by atoms with E-state index in [-0.39, 0.29) is 11.6 Å². The van der Waals surface area contributed by atoms with Gasteiger partial charge < -0.3 is 15.4 Å². The maximum atomic E-state index is 11.6. The average molecular weight is 258 g/mol. The first kappa shape index (κ1) is 13.0. The van der Waals surface area contributed by atoms with Crippen LogP contribution in [0.15, 0.2) is 0 Å². The molecule has 1 aliphatic heterocycles. The van der Waals surface area contributed by atoms with Gasteiger partial charge in [-0.05, 0) is 37.9 Å². The van der Waals surface area contributed by atoms with Crippen LogP contribution >= 0.6 is 11.8 Å². The van der Waals surface area contributed by atoms with Gasteiger partial charge in [-0.1, -0.05) is 0 Å². The SMILES string of the molecule is C[C@]1(NC(=O)NCCSCC2CC2)CCOC1. The zero-order chi connectivity index (χ0) is 12.1. The minimum atomic E-state index is -0.175. The zero-order valence-corrected chi connectivity index (χ0v) is 11.3. The third-order valence-corrected chi connectivity index (χ3v) is 4.42. The van der Waals surface area contributed by atoms with Crippen molar-refractivity contribution in [2.24, 2.45) is 5.92 Å². The first-order valence-electron chi connectivity index (χ1n) is 6.39. The molecular formula is C12H22N2O2S. The quantitative estimate of drug-likeness (QED) is 0.712. The lowest BCUT2D eigenvalue weighted by atomic mass is 10.0.